The largest absolute Gasteiger partial charge is 0.481 e. The van der Waals surface area contributed by atoms with Crippen LogP contribution >= 0.6 is 0 Å². The quantitative estimate of drug-likeness (QED) is 0.861. The maximum Gasteiger partial charge on any atom is 0.416 e. The van der Waals surface area contributed by atoms with Crippen LogP contribution in [0, 0.1) is 0 Å². The summed E-state index contributed by atoms with van der Waals surface area (Å²) < 4.78 is 43.7. The van der Waals surface area contributed by atoms with Crippen molar-refractivity contribution in [3.63, 3.8) is 0 Å². The number of amides is 1. The van der Waals surface area contributed by atoms with Crippen LogP contribution in [0.15, 0.2) is 48.5 Å². The van der Waals surface area contributed by atoms with Crippen LogP contribution in [0.2, 0.25) is 0 Å². The Hall–Kier alpha value is -2.50. The van der Waals surface area contributed by atoms with E-state index in [9.17, 15) is 18.0 Å². The van der Waals surface area contributed by atoms with Crippen molar-refractivity contribution in [3.8, 4) is 5.75 Å². The van der Waals surface area contributed by atoms with Gasteiger partial charge in [0.05, 0.1) is 5.56 Å². The van der Waals surface area contributed by atoms with Gasteiger partial charge in [-0.15, -0.1) is 0 Å². The van der Waals surface area contributed by atoms with Gasteiger partial charge in [0.1, 0.15) is 5.75 Å². The van der Waals surface area contributed by atoms with E-state index in [0.717, 1.165) is 24.1 Å². The predicted molar refractivity (Wildman–Crippen MR) is 86.0 cm³/mol. The highest BCUT2D eigenvalue weighted by atomic mass is 19.4. The molecule has 0 spiro atoms. The lowest BCUT2D eigenvalue weighted by atomic mass is 10.1. The molecule has 1 amide bonds. The first-order valence-electron chi connectivity index (χ1n) is 7.54. The van der Waals surface area contributed by atoms with E-state index in [4.69, 9.17) is 4.74 Å². The molecule has 24 heavy (non-hydrogen) atoms. The lowest BCUT2D eigenvalue weighted by molar-refractivity contribution is -0.137. The first-order valence-corrected chi connectivity index (χ1v) is 7.54. The van der Waals surface area contributed by atoms with Crippen LogP contribution in [-0.4, -0.2) is 12.0 Å². The average Bonchev–Trinajstić information content (AvgIpc) is 2.54. The number of hydrogen-bond donors (Lipinski definition) is 1. The van der Waals surface area contributed by atoms with E-state index in [0.29, 0.717) is 5.75 Å². The monoisotopic (exact) mass is 337 g/mol. The van der Waals surface area contributed by atoms with Crippen LogP contribution in [0.4, 0.5) is 18.9 Å². The zero-order chi connectivity index (χ0) is 17.7. The topological polar surface area (TPSA) is 38.3 Å². The van der Waals surface area contributed by atoms with Gasteiger partial charge < -0.3 is 10.1 Å². The van der Waals surface area contributed by atoms with E-state index in [-0.39, 0.29) is 5.69 Å². The third-order valence-corrected chi connectivity index (χ3v) is 3.48. The minimum Gasteiger partial charge on any atom is -0.481 e. The second-order valence-electron chi connectivity index (χ2n) is 5.29. The van der Waals surface area contributed by atoms with Gasteiger partial charge in [-0.05, 0) is 43.2 Å². The van der Waals surface area contributed by atoms with Crippen LogP contribution < -0.4 is 10.1 Å². The fourth-order valence-corrected chi connectivity index (χ4v) is 2.17. The Morgan fingerprint density at radius 2 is 1.88 bits per heavy atom. The number of aryl methyl sites for hydroxylation is 1. The molecule has 0 aliphatic carbocycles. The average molecular weight is 337 g/mol. The Labute approximate surface area is 138 Å². The first-order chi connectivity index (χ1) is 11.3. The normalized spacial score (nSPS) is 12.5. The summed E-state index contributed by atoms with van der Waals surface area (Å²) in [4.78, 5) is 12.2. The Morgan fingerprint density at radius 1 is 1.17 bits per heavy atom. The minimum atomic E-state index is -4.46. The van der Waals surface area contributed by atoms with E-state index in [1.165, 1.54) is 12.1 Å². The zero-order valence-electron chi connectivity index (χ0n) is 13.4. The summed E-state index contributed by atoms with van der Waals surface area (Å²) in [5, 5.41) is 2.45. The van der Waals surface area contributed by atoms with Gasteiger partial charge in [-0.25, -0.2) is 0 Å². The molecule has 0 fully saturated rings. The number of carbonyl (C=O) groups excluding carboxylic acids is 1. The molecule has 1 atom stereocenters. The van der Waals surface area contributed by atoms with Gasteiger partial charge >= 0.3 is 6.18 Å². The Kier molecular flexibility index (Phi) is 5.49. The van der Waals surface area contributed by atoms with Crippen molar-refractivity contribution in [2.45, 2.75) is 32.5 Å². The van der Waals surface area contributed by atoms with Crippen molar-refractivity contribution in [1.29, 1.82) is 0 Å². The van der Waals surface area contributed by atoms with Gasteiger partial charge in [0.15, 0.2) is 6.10 Å². The Morgan fingerprint density at radius 3 is 2.54 bits per heavy atom. The molecule has 0 aromatic heterocycles. The van der Waals surface area contributed by atoms with Crippen LogP contribution in [0.3, 0.4) is 0 Å². The number of rotatable bonds is 5. The van der Waals surface area contributed by atoms with Gasteiger partial charge in [0.25, 0.3) is 5.91 Å². The summed E-state index contributed by atoms with van der Waals surface area (Å²) in [6, 6.07) is 11.8. The summed E-state index contributed by atoms with van der Waals surface area (Å²) in [6.07, 6.45) is -4.55. The second kappa shape index (κ2) is 7.38. The Balaban J connectivity index is 2.07. The molecule has 6 heteroatoms. The number of anilines is 1. The van der Waals surface area contributed by atoms with Crippen molar-refractivity contribution in [1.82, 2.24) is 0 Å². The molecule has 128 valence electrons. The molecule has 0 aliphatic rings. The summed E-state index contributed by atoms with van der Waals surface area (Å²) in [5.41, 5.74) is 0.218. The number of carbonyl (C=O) groups is 1. The highest BCUT2D eigenvalue weighted by Gasteiger charge is 2.30. The van der Waals surface area contributed by atoms with Crippen LogP contribution in [0.1, 0.15) is 25.0 Å². The molecule has 0 unspecified atom stereocenters. The number of benzene rings is 2. The lowest BCUT2D eigenvalue weighted by Crippen LogP contribution is -2.30. The number of hydrogen-bond acceptors (Lipinski definition) is 2. The molecule has 0 saturated carbocycles. The highest BCUT2D eigenvalue weighted by Crippen LogP contribution is 2.30. The maximum atomic E-state index is 12.7. The molecule has 2 aromatic rings. The van der Waals surface area contributed by atoms with Gasteiger partial charge in [-0.1, -0.05) is 31.2 Å². The van der Waals surface area contributed by atoms with Gasteiger partial charge in [-0.3, -0.25) is 4.79 Å². The van der Waals surface area contributed by atoms with E-state index < -0.39 is 23.8 Å². The molecule has 2 rings (SSSR count). The molecule has 0 saturated heterocycles. The third kappa shape index (κ3) is 4.50. The molecule has 0 bridgehead atoms. The number of alkyl halides is 3. The van der Waals surface area contributed by atoms with Gasteiger partial charge in [0.2, 0.25) is 0 Å². The number of ether oxygens (including phenoxy) is 1. The minimum absolute atomic E-state index is 0.0778. The van der Waals surface area contributed by atoms with Crippen molar-refractivity contribution >= 4 is 11.6 Å². The van der Waals surface area contributed by atoms with Crippen LogP contribution in [-0.2, 0) is 17.4 Å². The number of para-hydroxylation sites is 1. The maximum absolute atomic E-state index is 12.7. The highest BCUT2D eigenvalue weighted by molar-refractivity contribution is 5.94. The number of nitrogens with one attached hydrogen (secondary N) is 1. The molecule has 2 aromatic carbocycles. The van der Waals surface area contributed by atoms with Crippen molar-refractivity contribution in [2.75, 3.05) is 5.32 Å². The van der Waals surface area contributed by atoms with Crippen LogP contribution in [0.25, 0.3) is 0 Å². The van der Waals surface area contributed by atoms with Crippen molar-refractivity contribution in [2.24, 2.45) is 0 Å². The van der Waals surface area contributed by atoms with Gasteiger partial charge in [-0.2, -0.15) is 13.2 Å². The standard InChI is InChI=1S/C18H18F3NO2/c1-3-13-7-4-5-10-16(13)24-12(2)17(23)22-15-9-6-8-14(11-15)18(19,20)21/h4-12H,3H2,1-2H3,(H,22,23)/t12-/m0/s1. The summed E-state index contributed by atoms with van der Waals surface area (Å²) >= 11 is 0. The zero-order valence-corrected chi connectivity index (χ0v) is 13.4. The fraction of sp³-hybridized carbons (Fsp3) is 0.278. The first kappa shape index (κ1) is 17.8. The van der Waals surface area contributed by atoms with E-state index >= 15 is 0 Å². The SMILES string of the molecule is CCc1ccccc1O[C@@H](C)C(=O)Nc1cccc(C(F)(F)F)c1. The predicted octanol–water partition coefficient (Wildman–Crippen LogP) is 4.67. The fourth-order valence-electron chi connectivity index (χ4n) is 2.17. The smallest absolute Gasteiger partial charge is 0.416 e. The lowest BCUT2D eigenvalue weighted by Gasteiger charge is -2.17. The molecule has 0 aliphatic heterocycles. The van der Waals surface area contributed by atoms with E-state index in [2.05, 4.69) is 5.32 Å². The molecule has 1 N–H and O–H groups in total. The van der Waals surface area contributed by atoms with Crippen molar-refractivity contribution in [3.05, 3.63) is 59.7 Å². The Bertz CT molecular complexity index is 713. The molecule has 0 radical (unpaired) electrons. The summed E-state index contributed by atoms with van der Waals surface area (Å²) in [7, 11) is 0. The third-order valence-electron chi connectivity index (χ3n) is 3.48. The van der Waals surface area contributed by atoms with Gasteiger partial charge in [0, 0.05) is 5.69 Å². The van der Waals surface area contributed by atoms with Crippen molar-refractivity contribution < 1.29 is 22.7 Å². The number of halogens is 3. The molecule has 3 nitrogen and oxygen atoms in total. The second-order valence-corrected chi connectivity index (χ2v) is 5.29. The summed E-state index contributed by atoms with van der Waals surface area (Å²) in [5.74, 6) is 0.0759. The summed E-state index contributed by atoms with van der Waals surface area (Å²) in [6.45, 7) is 3.52. The van der Waals surface area contributed by atoms with E-state index in [1.807, 2.05) is 19.1 Å². The molecular weight excluding hydrogens is 319 g/mol. The van der Waals surface area contributed by atoms with E-state index in [1.54, 1.807) is 19.1 Å². The molecular formula is C18H18F3NO2. The molecule has 0 heterocycles. The van der Waals surface area contributed by atoms with Crippen LogP contribution in [0.5, 0.6) is 5.75 Å².